The quantitative estimate of drug-likeness (QED) is 0.735. The van der Waals surface area contributed by atoms with E-state index in [2.05, 4.69) is 0 Å². The number of hydrogen-bond acceptors (Lipinski definition) is 2. The van der Waals surface area contributed by atoms with Gasteiger partial charge < -0.3 is 9.52 Å². The number of para-hydroxylation sites is 1. The molecule has 1 heterocycles. The Balaban J connectivity index is 2.05. The molecule has 0 aliphatic carbocycles. The van der Waals surface area contributed by atoms with Crippen LogP contribution in [0.1, 0.15) is 28.6 Å². The average Bonchev–Trinajstić information content (AvgIpc) is 2.86. The standard InChI is InChI=1S/C17H15ClO2/c1-10-6-7-12(8-14(10)18)16(19)15-9-13-5-3-4-11(2)17(13)20-15/h3-9,16,19H,1-2H3. The van der Waals surface area contributed by atoms with Crippen molar-refractivity contribution in [2.24, 2.45) is 0 Å². The van der Waals surface area contributed by atoms with Gasteiger partial charge in [-0.25, -0.2) is 0 Å². The largest absolute Gasteiger partial charge is 0.458 e. The topological polar surface area (TPSA) is 33.4 Å². The molecule has 2 aromatic carbocycles. The summed E-state index contributed by atoms with van der Waals surface area (Å²) >= 11 is 6.11. The summed E-state index contributed by atoms with van der Waals surface area (Å²) < 4.78 is 5.79. The van der Waals surface area contributed by atoms with Crippen LogP contribution in [0.5, 0.6) is 0 Å². The molecule has 0 bridgehead atoms. The summed E-state index contributed by atoms with van der Waals surface area (Å²) in [6, 6.07) is 13.4. The zero-order valence-corrected chi connectivity index (χ0v) is 12.1. The summed E-state index contributed by atoms with van der Waals surface area (Å²) in [6.07, 6.45) is -0.806. The molecule has 3 rings (SSSR count). The fraction of sp³-hybridized carbons (Fsp3) is 0.176. The predicted molar refractivity (Wildman–Crippen MR) is 81.2 cm³/mol. The number of aliphatic hydroxyl groups is 1. The molecule has 1 aromatic heterocycles. The first-order valence-electron chi connectivity index (χ1n) is 6.49. The summed E-state index contributed by atoms with van der Waals surface area (Å²) in [6.45, 7) is 3.92. The number of fused-ring (bicyclic) bond motifs is 1. The maximum atomic E-state index is 10.4. The average molecular weight is 287 g/mol. The van der Waals surface area contributed by atoms with Crippen LogP contribution in [0.4, 0.5) is 0 Å². The summed E-state index contributed by atoms with van der Waals surface area (Å²) in [4.78, 5) is 0. The van der Waals surface area contributed by atoms with E-state index < -0.39 is 6.10 Å². The molecule has 0 aliphatic heterocycles. The Bertz CT molecular complexity index is 774. The number of rotatable bonds is 2. The maximum Gasteiger partial charge on any atom is 0.138 e. The van der Waals surface area contributed by atoms with Crippen LogP contribution in [-0.4, -0.2) is 5.11 Å². The van der Waals surface area contributed by atoms with Gasteiger partial charge in [-0.2, -0.15) is 0 Å². The van der Waals surface area contributed by atoms with Crippen LogP contribution >= 0.6 is 11.6 Å². The van der Waals surface area contributed by atoms with Gasteiger partial charge in [-0.05, 0) is 42.7 Å². The molecule has 0 aliphatic rings. The zero-order valence-electron chi connectivity index (χ0n) is 11.4. The number of halogens is 1. The third-order valence-electron chi connectivity index (χ3n) is 3.54. The molecular formula is C17H15ClO2. The molecule has 3 heteroatoms. The Kier molecular flexibility index (Phi) is 3.28. The molecular weight excluding hydrogens is 272 g/mol. The molecule has 0 fully saturated rings. The minimum Gasteiger partial charge on any atom is -0.458 e. The Morgan fingerprint density at radius 1 is 1.05 bits per heavy atom. The number of hydrogen-bond donors (Lipinski definition) is 1. The van der Waals surface area contributed by atoms with Crippen molar-refractivity contribution in [1.29, 1.82) is 0 Å². The second kappa shape index (κ2) is 4.97. The van der Waals surface area contributed by atoms with Gasteiger partial charge in [0, 0.05) is 10.4 Å². The van der Waals surface area contributed by atoms with E-state index in [4.69, 9.17) is 16.0 Å². The van der Waals surface area contributed by atoms with Gasteiger partial charge >= 0.3 is 0 Å². The van der Waals surface area contributed by atoms with E-state index in [0.29, 0.717) is 10.8 Å². The fourth-order valence-corrected chi connectivity index (χ4v) is 2.50. The van der Waals surface area contributed by atoms with E-state index >= 15 is 0 Å². The summed E-state index contributed by atoms with van der Waals surface area (Å²) in [5, 5.41) is 12.1. The van der Waals surface area contributed by atoms with Crippen molar-refractivity contribution in [2.75, 3.05) is 0 Å². The third kappa shape index (κ3) is 2.21. The Hall–Kier alpha value is -1.77. The minimum absolute atomic E-state index is 0.536. The molecule has 1 N–H and O–H groups in total. The lowest BCUT2D eigenvalue weighted by Crippen LogP contribution is -1.98. The monoisotopic (exact) mass is 286 g/mol. The van der Waals surface area contributed by atoms with Crippen molar-refractivity contribution in [1.82, 2.24) is 0 Å². The van der Waals surface area contributed by atoms with Crippen molar-refractivity contribution < 1.29 is 9.52 Å². The molecule has 1 unspecified atom stereocenters. The van der Waals surface area contributed by atoms with Crippen LogP contribution < -0.4 is 0 Å². The maximum absolute atomic E-state index is 10.4. The second-order valence-corrected chi connectivity index (χ2v) is 5.46. The van der Waals surface area contributed by atoms with E-state index in [1.807, 2.05) is 50.2 Å². The SMILES string of the molecule is Cc1ccc(C(O)c2cc3cccc(C)c3o2)cc1Cl. The van der Waals surface area contributed by atoms with Crippen molar-refractivity contribution in [3.8, 4) is 0 Å². The summed E-state index contributed by atoms with van der Waals surface area (Å²) in [7, 11) is 0. The highest BCUT2D eigenvalue weighted by molar-refractivity contribution is 6.31. The van der Waals surface area contributed by atoms with E-state index in [1.165, 1.54) is 0 Å². The Morgan fingerprint density at radius 3 is 2.55 bits per heavy atom. The van der Waals surface area contributed by atoms with Gasteiger partial charge in [-0.15, -0.1) is 0 Å². The van der Waals surface area contributed by atoms with Crippen LogP contribution in [0.2, 0.25) is 5.02 Å². The normalized spacial score (nSPS) is 12.8. The lowest BCUT2D eigenvalue weighted by Gasteiger charge is -2.09. The van der Waals surface area contributed by atoms with Gasteiger partial charge in [0.1, 0.15) is 17.4 Å². The van der Waals surface area contributed by atoms with Crippen LogP contribution in [-0.2, 0) is 0 Å². The number of benzene rings is 2. The first-order valence-corrected chi connectivity index (χ1v) is 6.87. The molecule has 0 saturated heterocycles. The van der Waals surface area contributed by atoms with Crippen LogP contribution in [0.15, 0.2) is 46.9 Å². The molecule has 0 saturated carbocycles. The first kappa shape index (κ1) is 13.2. The van der Waals surface area contributed by atoms with Crippen LogP contribution in [0.3, 0.4) is 0 Å². The molecule has 0 amide bonds. The van der Waals surface area contributed by atoms with Crippen molar-refractivity contribution in [3.05, 3.63) is 69.9 Å². The Labute approximate surface area is 122 Å². The molecule has 102 valence electrons. The lowest BCUT2D eigenvalue weighted by molar-refractivity contribution is 0.192. The van der Waals surface area contributed by atoms with E-state index in [0.717, 1.165) is 27.7 Å². The highest BCUT2D eigenvalue weighted by atomic mass is 35.5. The Morgan fingerprint density at radius 2 is 1.85 bits per heavy atom. The van der Waals surface area contributed by atoms with E-state index in [1.54, 1.807) is 6.07 Å². The van der Waals surface area contributed by atoms with Crippen LogP contribution in [0, 0.1) is 13.8 Å². The predicted octanol–water partition coefficient (Wildman–Crippen LogP) is 4.78. The van der Waals surface area contributed by atoms with Crippen molar-refractivity contribution in [2.45, 2.75) is 20.0 Å². The van der Waals surface area contributed by atoms with E-state index in [9.17, 15) is 5.11 Å². The van der Waals surface area contributed by atoms with E-state index in [-0.39, 0.29) is 0 Å². The fourth-order valence-electron chi connectivity index (χ4n) is 2.31. The first-order chi connectivity index (χ1) is 9.56. The number of furan rings is 1. The lowest BCUT2D eigenvalue weighted by atomic mass is 10.1. The molecule has 0 spiro atoms. The molecule has 2 nitrogen and oxygen atoms in total. The molecule has 0 radical (unpaired) electrons. The van der Waals surface area contributed by atoms with Gasteiger partial charge in [-0.3, -0.25) is 0 Å². The molecule has 20 heavy (non-hydrogen) atoms. The molecule has 3 aromatic rings. The van der Waals surface area contributed by atoms with Crippen molar-refractivity contribution in [3.63, 3.8) is 0 Å². The van der Waals surface area contributed by atoms with Crippen LogP contribution in [0.25, 0.3) is 11.0 Å². The second-order valence-electron chi connectivity index (χ2n) is 5.05. The van der Waals surface area contributed by atoms with Gasteiger partial charge in [0.25, 0.3) is 0 Å². The third-order valence-corrected chi connectivity index (χ3v) is 3.95. The van der Waals surface area contributed by atoms with Gasteiger partial charge in [0.05, 0.1) is 0 Å². The number of aliphatic hydroxyl groups excluding tert-OH is 1. The highest BCUT2D eigenvalue weighted by Gasteiger charge is 2.17. The zero-order chi connectivity index (χ0) is 14.3. The highest BCUT2D eigenvalue weighted by Crippen LogP contribution is 2.31. The van der Waals surface area contributed by atoms with Gasteiger partial charge in [-0.1, -0.05) is 41.9 Å². The summed E-state index contributed by atoms with van der Waals surface area (Å²) in [5.74, 6) is 0.536. The smallest absolute Gasteiger partial charge is 0.138 e. The van der Waals surface area contributed by atoms with Gasteiger partial charge in [0.15, 0.2) is 0 Å². The molecule has 1 atom stereocenters. The number of aryl methyl sites for hydroxylation is 2. The summed E-state index contributed by atoms with van der Waals surface area (Å²) in [5.41, 5.74) is 3.60. The minimum atomic E-state index is -0.806. The van der Waals surface area contributed by atoms with Gasteiger partial charge in [0.2, 0.25) is 0 Å². The van der Waals surface area contributed by atoms with Crippen molar-refractivity contribution >= 4 is 22.6 Å².